The van der Waals surface area contributed by atoms with Crippen LogP contribution in [-0.4, -0.2) is 67.9 Å². The third-order valence-corrected chi connectivity index (χ3v) is 5.84. The van der Waals surface area contributed by atoms with E-state index in [1.165, 1.54) is 10.5 Å². The molecule has 2 heterocycles. The lowest BCUT2D eigenvalue weighted by Gasteiger charge is -2.34. The van der Waals surface area contributed by atoms with Crippen molar-refractivity contribution >= 4 is 23.5 Å². The third kappa shape index (κ3) is 6.94. The molecule has 7 heteroatoms. The van der Waals surface area contributed by atoms with Gasteiger partial charge in [0.1, 0.15) is 5.82 Å². The molecular weight excluding hydrogens is 380 g/mol. The monoisotopic (exact) mass is 412 g/mol. The second-order valence-corrected chi connectivity index (χ2v) is 8.23. The van der Waals surface area contributed by atoms with E-state index in [4.69, 9.17) is 4.99 Å². The summed E-state index contributed by atoms with van der Waals surface area (Å²) >= 11 is 1.85. The van der Waals surface area contributed by atoms with Crippen LogP contribution in [0.3, 0.4) is 0 Å². The number of nitrogens with zero attached hydrogens (tertiary/aromatic N) is 4. The van der Waals surface area contributed by atoms with Crippen LogP contribution in [0, 0.1) is 0 Å². The minimum Gasteiger partial charge on any atom is -0.357 e. The van der Waals surface area contributed by atoms with Gasteiger partial charge >= 0.3 is 0 Å². The summed E-state index contributed by atoms with van der Waals surface area (Å²) in [5.74, 6) is 2.92. The van der Waals surface area contributed by atoms with E-state index in [9.17, 15) is 0 Å². The van der Waals surface area contributed by atoms with Crippen molar-refractivity contribution in [1.29, 1.82) is 0 Å². The molecule has 3 rings (SSSR count). The molecule has 2 aromatic rings. The number of hydrogen-bond donors (Lipinski definition) is 2. The Hall–Kier alpha value is -2.25. The van der Waals surface area contributed by atoms with Gasteiger partial charge in [-0.1, -0.05) is 24.3 Å². The fourth-order valence-corrected chi connectivity index (χ4v) is 4.01. The number of likely N-dealkylation sites (N-methyl/N-ethyl adjacent to an activating group) is 1. The van der Waals surface area contributed by atoms with Crippen LogP contribution in [0.2, 0.25) is 0 Å². The molecule has 156 valence electrons. The smallest absolute Gasteiger partial charge is 0.191 e. The van der Waals surface area contributed by atoms with Gasteiger partial charge in [-0.3, -0.25) is 0 Å². The molecule has 1 aromatic heterocycles. The van der Waals surface area contributed by atoms with Crippen LogP contribution in [0.1, 0.15) is 12.5 Å². The number of anilines is 1. The zero-order valence-electron chi connectivity index (χ0n) is 17.5. The number of pyridine rings is 1. The van der Waals surface area contributed by atoms with Crippen LogP contribution in [0.5, 0.6) is 0 Å². The summed E-state index contributed by atoms with van der Waals surface area (Å²) in [6, 6.07) is 14.6. The topological polar surface area (TPSA) is 55.8 Å². The molecule has 0 saturated carbocycles. The maximum Gasteiger partial charge on any atom is 0.191 e. The van der Waals surface area contributed by atoms with E-state index in [0.717, 1.165) is 56.8 Å². The Kier molecular flexibility index (Phi) is 8.64. The Labute approximate surface area is 178 Å². The summed E-state index contributed by atoms with van der Waals surface area (Å²) < 4.78 is 0. The lowest BCUT2D eigenvalue weighted by Crippen LogP contribution is -2.45. The molecule has 1 fully saturated rings. The predicted molar refractivity (Wildman–Crippen MR) is 124 cm³/mol. The van der Waals surface area contributed by atoms with Crippen LogP contribution in [0.25, 0.3) is 0 Å². The number of guanidine groups is 1. The Balaban J connectivity index is 1.55. The number of benzene rings is 1. The average Bonchev–Trinajstić information content (AvgIpc) is 2.76. The highest BCUT2D eigenvalue weighted by atomic mass is 32.2. The molecule has 0 spiro atoms. The zero-order chi connectivity index (χ0) is 20.3. The van der Waals surface area contributed by atoms with E-state index < -0.39 is 0 Å². The van der Waals surface area contributed by atoms with Crippen molar-refractivity contribution in [3.63, 3.8) is 0 Å². The van der Waals surface area contributed by atoms with E-state index in [0.29, 0.717) is 6.54 Å². The van der Waals surface area contributed by atoms with Crippen molar-refractivity contribution in [3.8, 4) is 0 Å². The summed E-state index contributed by atoms with van der Waals surface area (Å²) in [5, 5.41) is 6.79. The van der Waals surface area contributed by atoms with E-state index in [2.05, 4.69) is 69.7 Å². The Morgan fingerprint density at radius 2 is 1.86 bits per heavy atom. The first-order chi connectivity index (χ1) is 14.3. The van der Waals surface area contributed by atoms with Crippen molar-refractivity contribution in [3.05, 3.63) is 54.2 Å². The van der Waals surface area contributed by atoms with Gasteiger partial charge in [0.25, 0.3) is 0 Å². The number of aliphatic imine (C=N–C) groups is 1. The van der Waals surface area contributed by atoms with Crippen molar-refractivity contribution < 1.29 is 0 Å². The van der Waals surface area contributed by atoms with Gasteiger partial charge in [0, 0.05) is 61.7 Å². The molecule has 29 heavy (non-hydrogen) atoms. The first-order valence-corrected chi connectivity index (χ1v) is 11.3. The van der Waals surface area contributed by atoms with Crippen molar-refractivity contribution in [2.24, 2.45) is 4.99 Å². The van der Waals surface area contributed by atoms with Crippen molar-refractivity contribution in [2.75, 3.05) is 57.0 Å². The van der Waals surface area contributed by atoms with Crippen LogP contribution in [0.4, 0.5) is 5.82 Å². The SMILES string of the molecule is CCNC(=NCc1cccnc1N1CCN(C)CC1)NCCSc1ccccc1. The summed E-state index contributed by atoms with van der Waals surface area (Å²) in [6.07, 6.45) is 1.88. The Morgan fingerprint density at radius 1 is 1.07 bits per heavy atom. The lowest BCUT2D eigenvalue weighted by molar-refractivity contribution is 0.312. The summed E-state index contributed by atoms with van der Waals surface area (Å²) in [6.45, 7) is 8.59. The first kappa shape index (κ1) is 21.5. The average molecular weight is 413 g/mol. The number of piperazine rings is 1. The zero-order valence-corrected chi connectivity index (χ0v) is 18.3. The van der Waals surface area contributed by atoms with Crippen LogP contribution < -0.4 is 15.5 Å². The summed E-state index contributed by atoms with van der Waals surface area (Å²) in [7, 11) is 2.17. The normalized spacial score (nSPS) is 15.4. The second-order valence-electron chi connectivity index (χ2n) is 7.06. The quantitative estimate of drug-likeness (QED) is 0.301. The van der Waals surface area contributed by atoms with Crippen molar-refractivity contribution in [1.82, 2.24) is 20.5 Å². The molecular formula is C22H32N6S. The van der Waals surface area contributed by atoms with Gasteiger partial charge in [-0.05, 0) is 32.2 Å². The molecule has 1 aromatic carbocycles. The van der Waals surface area contributed by atoms with Gasteiger partial charge in [0.05, 0.1) is 6.54 Å². The van der Waals surface area contributed by atoms with E-state index in [-0.39, 0.29) is 0 Å². The van der Waals surface area contributed by atoms with E-state index in [1.54, 1.807) is 0 Å². The number of thioether (sulfide) groups is 1. The van der Waals surface area contributed by atoms with Gasteiger partial charge in [0.15, 0.2) is 5.96 Å². The molecule has 0 unspecified atom stereocenters. The third-order valence-electron chi connectivity index (χ3n) is 4.83. The molecule has 0 bridgehead atoms. The molecule has 0 aliphatic carbocycles. The van der Waals surface area contributed by atoms with Crippen LogP contribution in [-0.2, 0) is 6.54 Å². The standard InChI is InChI=1S/C22H32N6S/c1-3-23-22(25-12-17-29-20-9-5-4-6-10-20)26-18-19-8-7-11-24-21(19)28-15-13-27(2)14-16-28/h4-11H,3,12-18H2,1-2H3,(H2,23,25,26). The van der Waals surface area contributed by atoms with Gasteiger partial charge in [-0.15, -0.1) is 11.8 Å². The van der Waals surface area contributed by atoms with Gasteiger partial charge in [-0.25, -0.2) is 9.98 Å². The molecule has 2 N–H and O–H groups in total. The summed E-state index contributed by atoms with van der Waals surface area (Å²) in [4.78, 5) is 15.5. The highest BCUT2D eigenvalue weighted by molar-refractivity contribution is 7.99. The number of hydrogen-bond acceptors (Lipinski definition) is 5. The molecule has 0 radical (unpaired) electrons. The minimum absolute atomic E-state index is 0.622. The molecule has 0 amide bonds. The number of nitrogens with one attached hydrogen (secondary N) is 2. The number of rotatable bonds is 8. The highest BCUT2D eigenvalue weighted by Crippen LogP contribution is 2.19. The predicted octanol–water partition coefficient (Wildman–Crippen LogP) is 2.68. The van der Waals surface area contributed by atoms with Gasteiger partial charge < -0.3 is 20.4 Å². The highest BCUT2D eigenvalue weighted by Gasteiger charge is 2.17. The van der Waals surface area contributed by atoms with Crippen LogP contribution in [0.15, 0.2) is 58.5 Å². The second kappa shape index (κ2) is 11.7. The molecule has 6 nitrogen and oxygen atoms in total. The lowest BCUT2D eigenvalue weighted by atomic mass is 10.2. The molecule has 1 aliphatic heterocycles. The Bertz CT molecular complexity index is 759. The maximum atomic E-state index is 4.81. The van der Waals surface area contributed by atoms with E-state index >= 15 is 0 Å². The van der Waals surface area contributed by atoms with Gasteiger partial charge in [0.2, 0.25) is 0 Å². The molecule has 1 aliphatic rings. The largest absolute Gasteiger partial charge is 0.357 e. The number of aromatic nitrogens is 1. The van der Waals surface area contributed by atoms with Gasteiger partial charge in [-0.2, -0.15) is 0 Å². The minimum atomic E-state index is 0.622. The Morgan fingerprint density at radius 3 is 2.62 bits per heavy atom. The maximum absolute atomic E-state index is 4.81. The summed E-state index contributed by atoms with van der Waals surface area (Å²) in [5.41, 5.74) is 1.17. The van der Waals surface area contributed by atoms with Crippen LogP contribution >= 0.6 is 11.8 Å². The van der Waals surface area contributed by atoms with Crippen molar-refractivity contribution in [2.45, 2.75) is 18.4 Å². The molecule has 0 atom stereocenters. The fourth-order valence-electron chi connectivity index (χ4n) is 3.22. The van der Waals surface area contributed by atoms with E-state index in [1.807, 2.05) is 30.1 Å². The first-order valence-electron chi connectivity index (χ1n) is 10.3. The fraction of sp³-hybridized carbons (Fsp3) is 0.455. The molecule has 1 saturated heterocycles.